The minimum atomic E-state index is -1.83. The molecule has 10 heteroatoms. The van der Waals surface area contributed by atoms with E-state index in [9.17, 15) is 30.0 Å². The molecule has 31 heavy (non-hydrogen) atoms. The quantitative estimate of drug-likeness (QED) is 0.445. The van der Waals surface area contributed by atoms with Crippen LogP contribution in [0.25, 0.3) is 0 Å². The molecular weight excluding hydrogens is 412 g/mol. The van der Waals surface area contributed by atoms with Gasteiger partial charge in [0.2, 0.25) is 6.29 Å². The van der Waals surface area contributed by atoms with Crippen molar-refractivity contribution in [1.82, 2.24) is 0 Å². The van der Waals surface area contributed by atoms with Crippen LogP contribution in [0, 0.1) is 0 Å². The van der Waals surface area contributed by atoms with Crippen LogP contribution in [0.4, 0.5) is 0 Å². The van der Waals surface area contributed by atoms with Gasteiger partial charge in [0.15, 0.2) is 11.9 Å². The first-order valence-corrected chi connectivity index (χ1v) is 9.45. The number of ether oxygens (including phenoxy) is 3. The third-order valence-electron chi connectivity index (χ3n) is 5.30. The summed E-state index contributed by atoms with van der Waals surface area (Å²) >= 11 is 0. The number of fused-ring (bicyclic) bond motifs is 1. The fourth-order valence-corrected chi connectivity index (χ4v) is 3.57. The van der Waals surface area contributed by atoms with Crippen LogP contribution in [0.5, 0.6) is 17.2 Å². The highest BCUT2D eigenvalue weighted by atomic mass is 16.7. The highest BCUT2D eigenvalue weighted by molar-refractivity contribution is 6.04. The molecule has 0 amide bonds. The number of hydrogen-bond acceptors (Lipinski definition) is 9. The maximum Gasteiger partial charge on any atom is 0.335 e. The number of aliphatic hydroxyl groups is 3. The standard InChI is InChI=1S/C21H20O10/c22-10-3-1-9(2-4-10)13-8-29-14-7-11(5-6-12(14)15(13)23)30-21-18(26)16(24)17(25)19(31-21)20(27)28/h1-7,13,16-19,21-22,24-26H,8H2,(H,27,28)/t13?,16-,17-,18+,19-,21+/m0/s1. The Morgan fingerprint density at radius 1 is 1.00 bits per heavy atom. The van der Waals surface area contributed by atoms with Crippen molar-refractivity contribution in [3.05, 3.63) is 53.6 Å². The van der Waals surface area contributed by atoms with Crippen LogP contribution in [-0.4, -0.2) is 74.6 Å². The fraction of sp³-hybridized carbons (Fsp3) is 0.333. The van der Waals surface area contributed by atoms with Gasteiger partial charge in [-0.15, -0.1) is 0 Å². The first kappa shape index (κ1) is 21.1. The molecule has 2 aromatic carbocycles. The van der Waals surface area contributed by atoms with Crippen LogP contribution in [0.1, 0.15) is 21.8 Å². The Labute approximate surface area is 175 Å². The maximum absolute atomic E-state index is 12.9. The van der Waals surface area contributed by atoms with Gasteiger partial charge < -0.3 is 39.7 Å². The minimum Gasteiger partial charge on any atom is -0.508 e. The van der Waals surface area contributed by atoms with Crippen molar-refractivity contribution in [2.45, 2.75) is 36.6 Å². The predicted octanol–water partition coefficient (Wildman–Crippen LogP) is 0.0221. The third-order valence-corrected chi connectivity index (χ3v) is 5.30. The molecule has 2 aliphatic rings. The molecule has 10 nitrogen and oxygen atoms in total. The summed E-state index contributed by atoms with van der Waals surface area (Å²) in [7, 11) is 0. The number of aliphatic hydroxyl groups excluding tert-OH is 3. The van der Waals surface area contributed by atoms with Gasteiger partial charge in [-0.2, -0.15) is 0 Å². The van der Waals surface area contributed by atoms with E-state index in [0.29, 0.717) is 11.1 Å². The molecule has 0 bridgehead atoms. The largest absolute Gasteiger partial charge is 0.508 e. The molecule has 4 rings (SSSR count). The lowest BCUT2D eigenvalue weighted by Gasteiger charge is -2.38. The lowest BCUT2D eigenvalue weighted by molar-refractivity contribution is -0.271. The fourth-order valence-electron chi connectivity index (χ4n) is 3.57. The second kappa shape index (κ2) is 8.16. The number of Topliss-reactive ketones (excluding diaryl/α,β-unsaturated/α-hetero) is 1. The van der Waals surface area contributed by atoms with Gasteiger partial charge in [0.25, 0.3) is 0 Å². The highest BCUT2D eigenvalue weighted by Crippen LogP contribution is 2.36. The van der Waals surface area contributed by atoms with Crippen LogP contribution in [0.2, 0.25) is 0 Å². The summed E-state index contributed by atoms with van der Waals surface area (Å²) in [6.45, 7) is 0.0641. The van der Waals surface area contributed by atoms with Crippen molar-refractivity contribution in [2.75, 3.05) is 6.61 Å². The molecule has 0 aromatic heterocycles. The second-order valence-electron chi connectivity index (χ2n) is 7.33. The Morgan fingerprint density at radius 2 is 1.71 bits per heavy atom. The molecular formula is C21H20O10. The van der Waals surface area contributed by atoms with E-state index in [1.54, 1.807) is 12.1 Å². The summed E-state index contributed by atoms with van der Waals surface area (Å²) in [6, 6.07) is 10.5. The Morgan fingerprint density at radius 3 is 2.39 bits per heavy atom. The van der Waals surface area contributed by atoms with Gasteiger partial charge in [-0.3, -0.25) is 4.79 Å². The Hall–Kier alpha value is -3.18. The number of benzene rings is 2. The van der Waals surface area contributed by atoms with Gasteiger partial charge in [0.05, 0.1) is 11.5 Å². The summed E-state index contributed by atoms with van der Waals surface area (Å²) in [4.78, 5) is 24.1. The minimum absolute atomic E-state index is 0.0641. The zero-order chi connectivity index (χ0) is 22.3. The number of carboxylic acids is 1. The number of phenolic OH excluding ortho intramolecular Hbond substituents is 1. The van der Waals surface area contributed by atoms with Crippen LogP contribution in [0.3, 0.4) is 0 Å². The number of rotatable bonds is 4. The van der Waals surface area contributed by atoms with E-state index in [1.165, 1.54) is 30.3 Å². The van der Waals surface area contributed by atoms with Crippen molar-refractivity contribution in [3.63, 3.8) is 0 Å². The summed E-state index contributed by atoms with van der Waals surface area (Å²) in [5.41, 5.74) is 1.00. The Balaban J connectivity index is 1.52. The number of carboxylic acid groups (broad SMARTS) is 1. The second-order valence-corrected chi connectivity index (χ2v) is 7.33. The van der Waals surface area contributed by atoms with Gasteiger partial charge in [-0.05, 0) is 29.8 Å². The summed E-state index contributed by atoms with van der Waals surface area (Å²) in [6.07, 6.45) is -8.68. The lowest BCUT2D eigenvalue weighted by Crippen LogP contribution is -2.61. The van der Waals surface area contributed by atoms with E-state index in [0.717, 1.165) is 0 Å². The Kier molecular flexibility index (Phi) is 5.54. The zero-order valence-corrected chi connectivity index (χ0v) is 16.0. The average Bonchev–Trinajstić information content (AvgIpc) is 2.75. The van der Waals surface area contributed by atoms with Crippen LogP contribution >= 0.6 is 0 Å². The van der Waals surface area contributed by atoms with E-state index in [-0.39, 0.29) is 29.6 Å². The number of carbonyl (C=O) groups is 2. The van der Waals surface area contributed by atoms with Gasteiger partial charge in [0.1, 0.15) is 42.2 Å². The van der Waals surface area contributed by atoms with Crippen molar-refractivity contribution in [3.8, 4) is 17.2 Å². The molecule has 0 spiro atoms. The number of hydrogen-bond donors (Lipinski definition) is 5. The normalized spacial score (nSPS) is 30.2. The summed E-state index contributed by atoms with van der Waals surface area (Å²) in [5.74, 6) is -1.82. The number of ketones is 1. The zero-order valence-electron chi connectivity index (χ0n) is 16.0. The molecule has 6 atom stereocenters. The van der Waals surface area contributed by atoms with E-state index in [1.807, 2.05) is 0 Å². The SMILES string of the molecule is O=C1c2ccc(O[C@@H]3O[C@H](C(=O)O)[C@@H](O)[C@H](O)[C@H]3O)cc2OCC1c1ccc(O)cc1. The van der Waals surface area contributed by atoms with Crippen molar-refractivity contribution in [1.29, 1.82) is 0 Å². The monoisotopic (exact) mass is 432 g/mol. The summed E-state index contributed by atoms with van der Waals surface area (Å²) in [5, 5.41) is 48.2. The van der Waals surface area contributed by atoms with E-state index < -0.39 is 42.6 Å². The van der Waals surface area contributed by atoms with Crippen LogP contribution < -0.4 is 9.47 Å². The smallest absolute Gasteiger partial charge is 0.335 e. The van der Waals surface area contributed by atoms with Crippen molar-refractivity contribution < 1.29 is 49.3 Å². The van der Waals surface area contributed by atoms with Crippen LogP contribution in [-0.2, 0) is 9.53 Å². The molecule has 1 fully saturated rings. The molecule has 164 valence electrons. The molecule has 2 heterocycles. The lowest BCUT2D eigenvalue weighted by atomic mass is 9.89. The molecule has 0 aliphatic carbocycles. The average molecular weight is 432 g/mol. The first-order valence-electron chi connectivity index (χ1n) is 9.45. The molecule has 2 aromatic rings. The molecule has 0 radical (unpaired) electrons. The van der Waals surface area contributed by atoms with E-state index in [2.05, 4.69) is 0 Å². The maximum atomic E-state index is 12.9. The number of phenols is 1. The third kappa shape index (κ3) is 3.93. The van der Waals surface area contributed by atoms with E-state index >= 15 is 0 Å². The highest BCUT2D eigenvalue weighted by Gasteiger charge is 2.48. The predicted molar refractivity (Wildman–Crippen MR) is 102 cm³/mol. The topological polar surface area (TPSA) is 163 Å². The first-order chi connectivity index (χ1) is 14.8. The van der Waals surface area contributed by atoms with Gasteiger partial charge in [-0.1, -0.05) is 12.1 Å². The van der Waals surface area contributed by atoms with Crippen LogP contribution in [0.15, 0.2) is 42.5 Å². The number of aliphatic carboxylic acids is 1. The van der Waals surface area contributed by atoms with Gasteiger partial charge in [-0.25, -0.2) is 4.79 Å². The molecule has 5 N–H and O–H groups in total. The number of carbonyl (C=O) groups excluding carboxylic acids is 1. The molecule has 1 saturated heterocycles. The summed E-state index contributed by atoms with van der Waals surface area (Å²) < 4.78 is 16.2. The molecule has 1 unspecified atom stereocenters. The Bertz CT molecular complexity index is 988. The van der Waals surface area contributed by atoms with Crippen molar-refractivity contribution >= 4 is 11.8 Å². The van der Waals surface area contributed by atoms with Crippen molar-refractivity contribution in [2.24, 2.45) is 0 Å². The van der Waals surface area contributed by atoms with Gasteiger partial charge in [0, 0.05) is 6.07 Å². The molecule has 0 saturated carbocycles. The van der Waals surface area contributed by atoms with E-state index in [4.69, 9.17) is 19.3 Å². The number of aromatic hydroxyl groups is 1. The molecule has 2 aliphatic heterocycles. The van der Waals surface area contributed by atoms with Gasteiger partial charge >= 0.3 is 5.97 Å².